The molecule has 176 valence electrons. The molecule has 0 radical (unpaired) electrons. The number of aliphatic hydroxyl groups is 1. The van der Waals surface area contributed by atoms with Gasteiger partial charge in [0.25, 0.3) is 0 Å². The van der Waals surface area contributed by atoms with Gasteiger partial charge in [-0.1, -0.05) is 23.2 Å². The van der Waals surface area contributed by atoms with E-state index < -0.39 is 6.10 Å². The molecule has 1 saturated heterocycles. The standard InChI is InChI=1S/C24H23Cl2N5O3/c1-12-23(26)22(17(25)9-27-12)13(2)34-20-6-16-18(7-19(20)33-3)29-30-24(16)14-4-5-21(28-8-14)31-10-15(32)11-31/h4-9,13,15,32H,10-11H2,1-3H3,(H,29,30)/t13-/m1/s1. The Kier molecular flexibility index (Phi) is 5.97. The molecule has 10 heteroatoms. The average Bonchev–Trinajstić information content (AvgIpc) is 3.22. The number of hydrogen-bond donors (Lipinski definition) is 2. The quantitative estimate of drug-likeness (QED) is 0.386. The number of aromatic amines is 1. The Bertz CT molecular complexity index is 1350. The normalized spacial score (nSPS) is 14.8. The number of nitrogens with zero attached hydrogens (tertiary/aromatic N) is 4. The lowest BCUT2D eigenvalue weighted by Crippen LogP contribution is -2.51. The summed E-state index contributed by atoms with van der Waals surface area (Å²) in [5, 5.41) is 18.9. The number of aryl methyl sites for hydroxylation is 1. The van der Waals surface area contributed by atoms with Crippen molar-refractivity contribution in [2.24, 2.45) is 0 Å². The fourth-order valence-electron chi connectivity index (χ4n) is 4.05. The van der Waals surface area contributed by atoms with E-state index in [1.807, 2.05) is 43.0 Å². The van der Waals surface area contributed by atoms with Crippen LogP contribution in [0.4, 0.5) is 5.82 Å². The maximum absolute atomic E-state index is 9.53. The average molecular weight is 500 g/mol. The van der Waals surface area contributed by atoms with Crippen molar-refractivity contribution in [3.63, 3.8) is 0 Å². The van der Waals surface area contributed by atoms with Gasteiger partial charge in [0.15, 0.2) is 11.5 Å². The van der Waals surface area contributed by atoms with Gasteiger partial charge >= 0.3 is 0 Å². The molecule has 4 heterocycles. The second kappa shape index (κ2) is 8.94. The van der Waals surface area contributed by atoms with Gasteiger partial charge in [-0.05, 0) is 32.0 Å². The van der Waals surface area contributed by atoms with E-state index in [9.17, 15) is 5.11 Å². The van der Waals surface area contributed by atoms with Crippen LogP contribution in [-0.4, -0.2) is 51.6 Å². The van der Waals surface area contributed by atoms with Crippen LogP contribution in [0, 0.1) is 6.92 Å². The molecule has 1 aliphatic rings. The maximum Gasteiger partial charge on any atom is 0.162 e. The number of β-amino-alcohol motifs (C(OH)–C–C–N with tert-alkyl or cyclic N) is 1. The van der Waals surface area contributed by atoms with Crippen LogP contribution in [0.3, 0.4) is 0 Å². The summed E-state index contributed by atoms with van der Waals surface area (Å²) < 4.78 is 11.9. The number of rotatable bonds is 6. The Labute approximate surface area is 206 Å². The number of anilines is 1. The summed E-state index contributed by atoms with van der Waals surface area (Å²) in [5.41, 5.74) is 3.75. The summed E-state index contributed by atoms with van der Waals surface area (Å²) in [5.74, 6) is 1.91. The van der Waals surface area contributed by atoms with Crippen LogP contribution in [0.1, 0.15) is 24.3 Å². The van der Waals surface area contributed by atoms with E-state index in [1.54, 1.807) is 19.5 Å². The Balaban J connectivity index is 1.49. The highest BCUT2D eigenvalue weighted by Crippen LogP contribution is 2.40. The molecule has 1 atom stereocenters. The van der Waals surface area contributed by atoms with Crippen molar-refractivity contribution in [1.29, 1.82) is 0 Å². The lowest BCUT2D eigenvalue weighted by molar-refractivity contribution is 0.141. The lowest BCUT2D eigenvalue weighted by atomic mass is 10.1. The van der Waals surface area contributed by atoms with Gasteiger partial charge in [-0.3, -0.25) is 10.1 Å². The highest BCUT2D eigenvalue weighted by atomic mass is 35.5. The number of hydrogen-bond acceptors (Lipinski definition) is 7. The molecule has 3 aromatic heterocycles. The van der Waals surface area contributed by atoms with Gasteiger partial charge in [0, 0.05) is 48.1 Å². The van der Waals surface area contributed by atoms with E-state index in [4.69, 9.17) is 32.7 Å². The minimum Gasteiger partial charge on any atom is -0.493 e. The van der Waals surface area contributed by atoms with E-state index in [0.717, 1.165) is 28.0 Å². The molecule has 0 aliphatic carbocycles. The number of H-pyrrole nitrogens is 1. The molecule has 0 spiro atoms. The number of ether oxygens (including phenoxy) is 2. The molecule has 5 rings (SSSR count). The fraction of sp³-hybridized carbons (Fsp3) is 0.292. The molecular formula is C24H23Cl2N5O3. The molecule has 2 N–H and O–H groups in total. The number of aromatic nitrogens is 4. The van der Waals surface area contributed by atoms with Gasteiger partial charge in [0.1, 0.15) is 17.6 Å². The first-order chi connectivity index (χ1) is 16.4. The van der Waals surface area contributed by atoms with Gasteiger partial charge in [-0.15, -0.1) is 0 Å². The zero-order valence-electron chi connectivity index (χ0n) is 18.8. The third-order valence-electron chi connectivity index (χ3n) is 5.95. The molecule has 0 unspecified atom stereocenters. The molecule has 0 amide bonds. The minimum atomic E-state index is -0.448. The van der Waals surface area contributed by atoms with E-state index in [1.165, 1.54) is 0 Å². The Morgan fingerprint density at radius 3 is 2.62 bits per heavy atom. The van der Waals surface area contributed by atoms with Gasteiger partial charge in [-0.2, -0.15) is 5.10 Å². The van der Waals surface area contributed by atoms with Gasteiger partial charge < -0.3 is 19.5 Å². The van der Waals surface area contributed by atoms with Crippen molar-refractivity contribution in [3.05, 3.63) is 58.0 Å². The van der Waals surface area contributed by atoms with Crippen LogP contribution >= 0.6 is 23.2 Å². The summed E-state index contributed by atoms with van der Waals surface area (Å²) in [7, 11) is 1.59. The molecule has 34 heavy (non-hydrogen) atoms. The van der Waals surface area contributed by atoms with Crippen molar-refractivity contribution >= 4 is 39.9 Å². The van der Waals surface area contributed by atoms with Gasteiger partial charge in [-0.25, -0.2) is 4.98 Å². The number of fused-ring (bicyclic) bond motifs is 1. The van der Waals surface area contributed by atoms with Crippen LogP contribution in [-0.2, 0) is 0 Å². The van der Waals surface area contributed by atoms with E-state index in [2.05, 4.69) is 20.2 Å². The van der Waals surface area contributed by atoms with Crippen LogP contribution in [0.2, 0.25) is 10.0 Å². The van der Waals surface area contributed by atoms with Crippen LogP contribution in [0.25, 0.3) is 22.2 Å². The largest absolute Gasteiger partial charge is 0.493 e. The van der Waals surface area contributed by atoms with E-state index >= 15 is 0 Å². The molecule has 8 nitrogen and oxygen atoms in total. The molecule has 1 aromatic carbocycles. The zero-order chi connectivity index (χ0) is 24.0. The smallest absolute Gasteiger partial charge is 0.162 e. The van der Waals surface area contributed by atoms with Crippen LogP contribution in [0.15, 0.2) is 36.7 Å². The second-order valence-corrected chi connectivity index (χ2v) is 9.05. The lowest BCUT2D eigenvalue weighted by Gasteiger charge is -2.36. The Hall–Kier alpha value is -3.07. The summed E-state index contributed by atoms with van der Waals surface area (Å²) >= 11 is 12.9. The highest BCUT2D eigenvalue weighted by molar-refractivity contribution is 6.36. The summed E-state index contributed by atoms with van der Waals surface area (Å²) in [6.45, 7) is 4.90. The summed E-state index contributed by atoms with van der Waals surface area (Å²) in [6, 6.07) is 7.63. The van der Waals surface area contributed by atoms with Gasteiger partial charge in [0.05, 0.1) is 34.5 Å². The molecular weight excluding hydrogens is 477 g/mol. The molecule has 0 bridgehead atoms. The zero-order valence-corrected chi connectivity index (χ0v) is 20.4. The van der Waals surface area contributed by atoms with E-state index in [-0.39, 0.29) is 6.10 Å². The predicted molar refractivity (Wildman–Crippen MR) is 132 cm³/mol. The molecule has 0 saturated carbocycles. The predicted octanol–water partition coefficient (Wildman–Crippen LogP) is 4.96. The Morgan fingerprint density at radius 1 is 1.15 bits per heavy atom. The first kappa shape index (κ1) is 22.7. The first-order valence-corrected chi connectivity index (χ1v) is 11.5. The van der Waals surface area contributed by atoms with Gasteiger partial charge in [0.2, 0.25) is 0 Å². The first-order valence-electron chi connectivity index (χ1n) is 10.8. The molecule has 1 fully saturated rings. The van der Waals surface area contributed by atoms with Crippen molar-refractivity contribution in [2.75, 3.05) is 25.1 Å². The molecule has 4 aromatic rings. The third-order valence-corrected chi connectivity index (χ3v) is 6.73. The van der Waals surface area contributed by atoms with Crippen molar-refractivity contribution in [1.82, 2.24) is 20.2 Å². The van der Waals surface area contributed by atoms with E-state index in [0.29, 0.717) is 45.9 Å². The van der Waals surface area contributed by atoms with Crippen molar-refractivity contribution < 1.29 is 14.6 Å². The highest BCUT2D eigenvalue weighted by Gasteiger charge is 2.25. The number of pyridine rings is 2. The number of halogens is 2. The number of benzene rings is 1. The second-order valence-electron chi connectivity index (χ2n) is 8.26. The SMILES string of the molecule is COc1cc2[nH]nc(-c3ccc(N4CC(O)C4)nc3)c2cc1O[C@H](C)c1c(Cl)cnc(C)c1Cl. The van der Waals surface area contributed by atoms with Crippen molar-refractivity contribution in [2.45, 2.75) is 26.1 Å². The summed E-state index contributed by atoms with van der Waals surface area (Å²) in [6.07, 6.45) is 2.62. The third kappa shape index (κ3) is 4.02. The number of aliphatic hydroxyl groups excluding tert-OH is 1. The molecule has 1 aliphatic heterocycles. The van der Waals surface area contributed by atoms with Crippen molar-refractivity contribution in [3.8, 4) is 22.8 Å². The number of nitrogens with one attached hydrogen (secondary N) is 1. The monoisotopic (exact) mass is 499 g/mol. The topological polar surface area (TPSA) is 96.4 Å². The van der Waals surface area contributed by atoms with Crippen LogP contribution in [0.5, 0.6) is 11.5 Å². The number of methoxy groups -OCH3 is 1. The fourth-order valence-corrected chi connectivity index (χ4v) is 4.70. The Morgan fingerprint density at radius 2 is 1.94 bits per heavy atom. The van der Waals surface area contributed by atoms with Crippen LogP contribution < -0.4 is 14.4 Å². The minimum absolute atomic E-state index is 0.284. The maximum atomic E-state index is 9.53. The summed E-state index contributed by atoms with van der Waals surface area (Å²) in [4.78, 5) is 10.8.